The third kappa shape index (κ3) is 2.21. The quantitative estimate of drug-likeness (QED) is 0.736. The summed E-state index contributed by atoms with van der Waals surface area (Å²) in [5, 5.41) is 4.07. The average molecular weight is 264 g/mol. The van der Waals surface area contributed by atoms with Gasteiger partial charge in [-0.3, -0.25) is 4.79 Å². The fourth-order valence-corrected chi connectivity index (χ4v) is 2.01. The summed E-state index contributed by atoms with van der Waals surface area (Å²) < 4.78 is 0. The second-order valence-electron chi connectivity index (χ2n) is 4.31. The molecule has 0 aliphatic carbocycles. The van der Waals surface area contributed by atoms with E-state index in [2.05, 4.69) is 20.3 Å². The molecule has 20 heavy (non-hydrogen) atoms. The van der Waals surface area contributed by atoms with E-state index in [1.807, 2.05) is 18.2 Å². The number of nitrogens with one attached hydrogen (secondary N) is 1. The van der Waals surface area contributed by atoms with E-state index in [9.17, 15) is 4.79 Å². The second-order valence-corrected chi connectivity index (χ2v) is 4.31. The van der Waals surface area contributed by atoms with Crippen LogP contribution in [-0.2, 0) is 0 Å². The van der Waals surface area contributed by atoms with Crippen LogP contribution in [0.1, 0.15) is 17.3 Å². The van der Waals surface area contributed by atoms with Crippen LogP contribution in [0, 0.1) is 0 Å². The van der Waals surface area contributed by atoms with Gasteiger partial charge < -0.3 is 5.32 Å². The van der Waals surface area contributed by atoms with Crippen LogP contribution in [-0.4, -0.2) is 20.7 Å². The lowest BCUT2D eigenvalue weighted by Crippen LogP contribution is -2.03. The first-order valence-electron chi connectivity index (χ1n) is 6.18. The second kappa shape index (κ2) is 5.05. The third-order valence-electron chi connectivity index (χ3n) is 2.95. The van der Waals surface area contributed by atoms with Gasteiger partial charge in [0, 0.05) is 24.0 Å². The van der Waals surface area contributed by atoms with Crippen molar-refractivity contribution in [2.75, 3.05) is 5.32 Å². The van der Waals surface area contributed by atoms with Crippen LogP contribution in [0.3, 0.4) is 0 Å². The van der Waals surface area contributed by atoms with Crippen LogP contribution in [0.15, 0.2) is 48.9 Å². The summed E-state index contributed by atoms with van der Waals surface area (Å²) >= 11 is 0. The van der Waals surface area contributed by atoms with Crippen molar-refractivity contribution in [3.63, 3.8) is 0 Å². The molecule has 98 valence electrons. The van der Waals surface area contributed by atoms with Gasteiger partial charge in [-0.05, 0) is 37.3 Å². The summed E-state index contributed by atoms with van der Waals surface area (Å²) in [5.74, 6) is 0.508. The molecule has 0 unspecified atom stereocenters. The van der Waals surface area contributed by atoms with E-state index in [0.29, 0.717) is 17.0 Å². The Labute approximate surface area is 115 Å². The number of aromatic nitrogens is 3. The molecule has 1 N–H and O–H groups in total. The van der Waals surface area contributed by atoms with Crippen molar-refractivity contribution in [2.45, 2.75) is 6.92 Å². The van der Waals surface area contributed by atoms with Crippen LogP contribution in [0.4, 0.5) is 11.5 Å². The number of fused-ring (bicyclic) bond motifs is 1. The predicted molar refractivity (Wildman–Crippen MR) is 77.1 cm³/mol. The molecule has 3 rings (SSSR count). The largest absolute Gasteiger partial charge is 0.339 e. The average Bonchev–Trinajstić information content (AvgIpc) is 2.48. The van der Waals surface area contributed by atoms with Gasteiger partial charge in [0.1, 0.15) is 5.82 Å². The molecule has 3 heterocycles. The number of carbonyl (C=O) groups excluding carboxylic acids is 1. The number of pyridine rings is 3. The van der Waals surface area contributed by atoms with Crippen molar-refractivity contribution in [3.05, 3.63) is 54.5 Å². The van der Waals surface area contributed by atoms with E-state index in [1.54, 1.807) is 30.7 Å². The summed E-state index contributed by atoms with van der Waals surface area (Å²) in [6.07, 6.45) is 5.02. The Hall–Kier alpha value is -2.82. The molecule has 0 bridgehead atoms. The lowest BCUT2D eigenvalue weighted by molar-refractivity contribution is 0.101. The topological polar surface area (TPSA) is 67.8 Å². The van der Waals surface area contributed by atoms with Crippen molar-refractivity contribution < 1.29 is 4.79 Å². The predicted octanol–water partition coefficient (Wildman–Crippen LogP) is 2.97. The molecule has 0 fully saturated rings. The lowest BCUT2D eigenvalue weighted by Gasteiger charge is -2.10. The highest BCUT2D eigenvalue weighted by atomic mass is 16.1. The van der Waals surface area contributed by atoms with Crippen molar-refractivity contribution in [3.8, 4) is 0 Å². The van der Waals surface area contributed by atoms with E-state index in [4.69, 9.17) is 0 Å². The highest BCUT2D eigenvalue weighted by Gasteiger charge is 2.09. The van der Waals surface area contributed by atoms with Crippen molar-refractivity contribution in [1.29, 1.82) is 0 Å². The maximum absolute atomic E-state index is 11.6. The van der Waals surface area contributed by atoms with Gasteiger partial charge in [-0.1, -0.05) is 0 Å². The van der Waals surface area contributed by atoms with E-state index in [1.165, 1.54) is 6.92 Å². The summed E-state index contributed by atoms with van der Waals surface area (Å²) in [6, 6.07) is 9.10. The van der Waals surface area contributed by atoms with Crippen LogP contribution in [0.5, 0.6) is 0 Å². The smallest absolute Gasteiger partial charge is 0.163 e. The number of hydrogen-bond donors (Lipinski definition) is 1. The minimum absolute atomic E-state index is 0.0305. The molecule has 0 saturated heterocycles. The van der Waals surface area contributed by atoms with Gasteiger partial charge in [0.25, 0.3) is 0 Å². The Kier molecular flexibility index (Phi) is 3.09. The number of carbonyl (C=O) groups is 1. The molecule has 3 aromatic heterocycles. The lowest BCUT2D eigenvalue weighted by atomic mass is 10.1. The van der Waals surface area contributed by atoms with Gasteiger partial charge in [0.2, 0.25) is 0 Å². The SMILES string of the molecule is CC(=O)c1cccnc1Nc1ccnc2ncccc12. The van der Waals surface area contributed by atoms with Gasteiger partial charge in [0.05, 0.1) is 11.3 Å². The zero-order chi connectivity index (χ0) is 13.9. The number of Topliss-reactive ketones (excluding diaryl/α,β-unsaturated/α-hetero) is 1. The summed E-state index contributed by atoms with van der Waals surface area (Å²) in [7, 11) is 0. The standard InChI is InChI=1S/C15H12N4O/c1-10(20)11-4-2-8-17-15(11)19-13-6-9-18-14-12(13)5-3-7-16-14/h2-9H,1H3,(H,16,17,18,19). The Morgan fingerprint density at radius 3 is 2.60 bits per heavy atom. The van der Waals surface area contributed by atoms with E-state index in [0.717, 1.165) is 11.1 Å². The van der Waals surface area contributed by atoms with Crippen LogP contribution in [0.25, 0.3) is 11.0 Å². The fraction of sp³-hybridized carbons (Fsp3) is 0.0667. The molecular weight excluding hydrogens is 252 g/mol. The van der Waals surface area contributed by atoms with E-state index < -0.39 is 0 Å². The van der Waals surface area contributed by atoms with E-state index in [-0.39, 0.29) is 5.78 Å². The molecular formula is C15H12N4O. The first-order chi connectivity index (χ1) is 9.75. The zero-order valence-electron chi connectivity index (χ0n) is 10.9. The Bertz CT molecular complexity index is 780. The molecule has 5 heteroatoms. The first-order valence-corrected chi connectivity index (χ1v) is 6.18. The molecule has 5 nitrogen and oxygen atoms in total. The first kappa shape index (κ1) is 12.2. The van der Waals surface area contributed by atoms with Crippen molar-refractivity contribution in [2.24, 2.45) is 0 Å². The van der Waals surface area contributed by atoms with Crippen LogP contribution < -0.4 is 5.32 Å². The van der Waals surface area contributed by atoms with Gasteiger partial charge in [0.15, 0.2) is 11.4 Å². The monoisotopic (exact) mass is 264 g/mol. The molecule has 0 spiro atoms. The maximum Gasteiger partial charge on any atom is 0.163 e. The molecule has 0 atom stereocenters. The Morgan fingerprint density at radius 1 is 1.00 bits per heavy atom. The minimum atomic E-state index is -0.0305. The highest BCUT2D eigenvalue weighted by Crippen LogP contribution is 2.24. The Balaban J connectivity index is 2.08. The highest BCUT2D eigenvalue weighted by molar-refractivity contribution is 6.00. The Morgan fingerprint density at radius 2 is 1.75 bits per heavy atom. The molecule has 0 saturated carbocycles. The molecule has 3 aromatic rings. The minimum Gasteiger partial charge on any atom is -0.339 e. The molecule has 0 amide bonds. The zero-order valence-corrected chi connectivity index (χ0v) is 10.9. The number of rotatable bonds is 3. The molecule has 0 aromatic carbocycles. The number of nitrogens with zero attached hydrogens (tertiary/aromatic N) is 3. The fourth-order valence-electron chi connectivity index (χ4n) is 2.01. The number of ketones is 1. The summed E-state index contributed by atoms with van der Waals surface area (Å²) in [5.41, 5.74) is 2.03. The summed E-state index contributed by atoms with van der Waals surface area (Å²) in [6.45, 7) is 1.52. The maximum atomic E-state index is 11.6. The van der Waals surface area contributed by atoms with Crippen molar-refractivity contribution >= 4 is 28.3 Å². The summed E-state index contributed by atoms with van der Waals surface area (Å²) in [4.78, 5) is 24.2. The van der Waals surface area contributed by atoms with Gasteiger partial charge in [-0.2, -0.15) is 0 Å². The van der Waals surface area contributed by atoms with Gasteiger partial charge in [-0.15, -0.1) is 0 Å². The van der Waals surface area contributed by atoms with Crippen molar-refractivity contribution in [1.82, 2.24) is 15.0 Å². The van der Waals surface area contributed by atoms with Gasteiger partial charge >= 0.3 is 0 Å². The molecule has 0 aliphatic heterocycles. The van der Waals surface area contributed by atoms with Crippen LogP contribution >= 0.6 is 0 Å². The number of hydrogen-bond acceptors (Lipinski definition) is 5. The molecule has 0 radical (unpaired) electrons. The third-order valence-corrected chi connectivity index (χ3v) is 2.95. The van der Waals surface area contributed by atoms with Crippen LogP contribution in [0.2, 0.25) is 0 Å². The van der Waals surface area contributed by atoms with E-state index >= 15 is 0 Å². The normalized spacial score (nSPS) is 10.4. The number of anilines is 2. The molecule has 0 aliphatic rings. The van der Waals surface area contributed by atoms with Gasteiger partial charge in [-0.25, -0.2) is 15.0 Å².